The highest BCUT2D eigenvalue weighted by Gasteiger charge is 2.33. The molecule has 0 spiro atoms. The van der Waals surface area contributed by atoms with Gasteiger partial charge < -0.3 is 10.6 Å². The maximum atomic E-state index is 12.3. The molecule has 1 amide bonds. The Hall–Kier alpha value is -1.68. The van der Waals surface area contributed by atoms with Gasteiger partial charge in [0.25, 0.3) is 0 Å². The highest BCUT2D eigenvalue weighted by atomic mass is 16.2. The Morgan fingerprint density at radius 3 is 2.70 bits per heavy atom. The van der Waals surface area contributed by atoms with Crippen molar-refractivity contribution < 1.29 is 9.59 Å². The number of nitrogens with one attached hydrogen (secondary N) is 2. The second-order valence-corrected chi connectivity index (χ2v) is 5.44. The lowest BCUT2D eigenvalue weighted by molar-refractivity contribution is -0.123. The standard InChI is InChI=1S/C16H22N2O2/c1-3-11(2)18-16(20)14-9-13(10-17-14)15(19)12-7-5-4-6-8-12/h4-8,11,13-14,17H,3,9-10H2,1-2H3,(H,18,20). The minimum absolute atomic E-state index is 0.00251. The third-order valence-corrected chi connectivity index (χ3v) is 3.88. The molecule has 1 heterocycles. The summed E-state index contributed by atoms with van der Waals surface area (Å²) in [5, 5.41) is 6.11. The van der Waals surface area contributed by atoms with Crippen molar-refractivity contribution in [3.05, 3.63) is 35.9 Å². The Morgan fingerprint density at radius 2 is 2.05 bits per heavy atom. The Labute approximate surface area is 119 Å². The van der Waals surface area contributed by atoms with Gasteiger partial charge in [-0.25, -0.2) is 0 Å². The predicted octanol–water partition coefficient (Wildman–Crippen LogP) is 1.76. The first-order chi connectivity index (χ1) is 9.61. The van der Waals surface area contributed by atoms with Crippen molar-refractivity contribution in [1.29, 1.82) is 0 Å². The molecule has 1 fully saturated rings. The van der Waals surface area contributed by atoms with E-state index in [0.29, 0.717) is 13.0 Å². The van der Waals surface area contributed by atoms with Gasteiger partial charge >= 0.3 is 0 Å². The molecule has 4 heteroatoms. The normalized spacial score (nSPS) is 23.3. The van der Waals surface area contributed by atoms with Gasteiger partial charge in [0, 0.05) is 24.1 Å². The highest BCUT2D eigenvalue weighted by molar-refractivity contribution is 5.99. The van der Waals surface area contributed by atoms with Gasteiger partial charge in [0.2, 0.25) is 5.91 Å². The maximum Gasteiger partial charge on any atom is 0.237 e. The summed E-state index contributed by atoms with van der Waals surface area (Å²) in [6.07, 6.45) is 1.49. The van der Waals surface area contributed by atoms with Gasteiger partial charge in [-0.2, -0.15) is 0 Å². The van der Waals surface area contributed by atoms with Crippen molar-refractivity contribution in [1.82, 2.24) is 10.6 Å². The largest absolute Gasteiger partial charge is 0.352 e. The van der Waals surface area contributed by atoms with Crippen LogP contribution in [0.25, 0.3) is 0 Å². The lowest BCUT2D eigenvalue weighted by Crippen LogP contribution is -2.43. The lowest BCUT2D eigenvalue weighted by Gasteiger charge is -2.15. The van der Waals surface area contributed by atoms with Crippen molar-refractivity contribution in [2.24, 2.45) is 5.92 Å². The fraction of sp³-hybridized carbons (Fsp3) is 0.500. The van der Waals surface area contributed by atoms with Crippen molar-refractivity contribution in [3.63, 3.8) is 0 Å². The molecule has 1 aliphatic rings. The summed E-state index contributed by atoms with van der Waals surface area (Å²) in [6.45, 7) is 4.60. The third-order valence-electron chi connectivity index (χ3n) is 3.88. The van der Waals surface area contributed by atoms with E-state index in [1.165, 1.54) is 0 Å². The number of Topliss-reactive ketones (excluding diaryl/α,β-unsaturated/α-hetero) is 1. The minimum Gasteiger partial charge on any atom is -0.352 e. The number of benzene rings is 1. The molecule has 3 atom stereocenters. The highest BCUT2D eigenvalue weighted by Crippen LogP contribution is 2.19. The van der Waals surface area contributed by atoms with Crippen LogP contribution in [0.15, 0.2) is 30.3 Å². The third kappa shape index (κ3) is 3.45. The van der Waals surface area contributed by atoms with E-state index in [4.69, 9.17) is 0 Å². The summed E-state index contributed by atoms with van der Waals surface area (Å²) >= 11 is 0. The first kappa shape index (κ1) is 14.7. The van der Waals surface area contributed by atoms with Crippen molar-refractivity contribution in [3.8, 4) is 0 Å². The Morgan fingerprint density at radius 1 is 1.35 bits per heavy atom. The average Bonchev–Trinajstić information content (AvgIpc) is 2.97. The molecule has 108 valence electrons. The van der Waals surface area contributed by atoms with Crippen LogP contribution in [0.4, 0.5) is 0 Å². The van der Waals surface area contributed by atoms with Crippen LogP contribution < -0.4 is 10.6 Å². The molecule has 20 heavy (non-hydrogen) atoms. The average molecular weight is 274 g/mol. The SMILES string of the molecule is CCC(C)NC(=O)C1CC(C(=O)c2ccccc2)CN1. The van der Waals surface area contributed by atoms with E-state index >= 15 is 0 Å². The summed E-state index contributed by atoms with van der Waals surface area (Å²) in [5.41, 5.74) is 0.724. The van der Waals surface area contributed by atoms with Crippen LogP contribution in [0.1, 0.15) is 37.0 Å². The molecule has 0 aliphatic carbocycles. The molecule has 1 aromatic carbocycles. The zero-order valence-electron chi connectivity index (χ0n) is 12.1. The van der Waals surface area contributed by atoms with Gasteiger partial charge in [-0.15, -0.1) is 0 Å². The summed E-state index contributed by atoms with van der Waals surface area (Å²) in [7, 11) is 0. The lowest BCUT2D eigenvalue weighted by atomic mass is 9.95. The molecular formula is C16H22N2O2. The zero-order valence-corrected chi connectivity index (χ0v) is 12.1. The van der Waals surface area contributed by atoms with Crippen molar-refractivity contribution >= 4 is 11.7 Å². The van der Waals surface area contributed by atoms with Crippen LogP contribution in [0, 0.1) is 5.92 Å². The molecule has 1 aliphatic heterocycles. The predicted molar refractivity (Wildman–Crippen MR) is 78.6 cm³/mol. The van der Waals surface area contributed by atoms with E-state index in [9.17, 15) is 9.59 Å². The molecule has 0 bridgehead atoms. The number of hydrogen-bond donors (Lipinski definition) is 2. The number of carbonyl (C=O) groups excluding carboxylic acids is 2. The number of hydrogen-bond acceptors (Lipinski definition) is 3. The van der Waals surface area contributed by atoms with Gasteiger partial charge in [-0.3, -0.25) is 9.59 Å². The van der Waals surface area contributed by atoms with Crippen molar-refractivity contribution in [2.75, 3.05) is 6.54 Å². The Balaban J connectivity index is 1.92. The van der Waals surface area contributed by atoms with E-state index < -0.39 is 0 Å². The number of carbonyl (C=O) groups is 2. The van der Waals surface area contributed by atoms with Crippen molar-refractivity contribution in [2.45, 2.75) is 38.8 Å². The number of rotatable bonds is 5. The second kappa shape index (κ2) is 6.66. The number of amides is 1. The molecule has 0 saturated carbocycles. The summed E-state index contributed by atoms with van der Waals surface area (Å²) in [5.74, 6) is 0.0183. The van der Waals surface area contributed by atoms with E-state index in [1.54, 1.807) is 0 Å². The van der Waals surface area contributed by atoms with E-state index in [-0.39, 0.29) is 29.7 Å². The summed E-state index contributed by atoms with van der Waals surface area (Å²) < 4.78 is 0. The van der Waals surface area contributed by atoms with Gasteiger partial charge in [0.15, 0.2) is 5.78 Å². The molecular weight excluding hydrogens is 252 g/mol. The first-order valence-electron chi connectivity index (χ1n) is 7.24. The Bertz CT molecular complexity index is 473. The molecule has 2 rings (SSSR count). The van der Waals surface area contributed by atoms with E-state index in [0.717, 1.165) is 12.0 Å². The van der Waals surface area contributed by atoms with Gasteiger partial charge in [-0.1, -0.05) is 37.3 Å². The summed E-state index contributed by atoms with van der Waals surface area (Å²) in [4.78, 5) is 24.4. The van der Waals surface area contributed by atoms with Crippen LogP contribution in [0.2, 0.25) is 0 Å². The fourth-order valence-corrected chi connectivity index (χ4v) is 2.42. The van der Waals surface area contributed by atoms with Gasteiger partial charge in [-0.05, 0) is 19.8 Å². The van der Waals surface area contributed by atoms with E-state index in [1.807, 2.05) is 44.2 Å². The Kier molecular flexibility index (Phi) is 4.90. The van der Waals surface area contributed by atoms with Crippen LogP contribution in [0.5, 0.6) is 0 Å². The number of ketones is 1. The smallest absolute Gasteiger partial charge is 0.237 e. The van der Waals surface area contributed by atoms with Gasteiger partial charge in [0.1, 0.15) is 0 Å². The van der Waals surface area contributed by atoms with Crippen LogP contribution in [-0.4, -0.2) is 30.3 Å². The van der Waals surface area contributed by atoms with Crippen LogP contribution in [-0.2, 0) is 4.79 Å². The second-order valence-electron chi connectivity index (χ2n) is 5.44. The van der Waals surface area contributed by atoms with E-state index in [2.05, 4.69) is 10.6 Å². The maximum absolute atomic E-state index is 12.3. The molecule has 4 nitrogen and oxygen atoms in total. The monoisotopic (exact) mass is 274 g/mol. The van der Waals surface area contributed by atoms with Crippen LogP contribution >= 0.6 is 0 Å². The first-order valence-corrected chi connectivity index (χ1v) is 7.24. The molecule has 2 N–H and O–H groups in total. The summed E-state index contributed by atoms with van der Waals surface area (Å²) in [6, 6.07) is 9.20. The molecule has 1 saturated heterocycles. The fourth-order valence-electron chi connectivity index (χ4n) is 2.42. The topological polar surface area (TPSA) is 58.2 Å². The van der Waals surface area contributed by atoms with Gasteiger partial charge in [0.05, 0.1) is 6.04 Å². The molecule has 1 aromatic rings. The minimum atomic E-state index is -0.248. The zero-order chi connectivity index (χ0) is 14.5. The molecule has 0 radical (unpaired) electrons. The molecule has 0 aromatic heterocycles. The van der Waals surface area contributed by atoms with Crippen LogP contribution in [0.3, 0.4) is 0 Å². The molecule has 3 unspecified atom stereocenters. The quantitative estimate of drug-likeness (QED) is 0.804.